The standard InChI is InChI=1S/C15H14N2O4/c1-20-15(19)14-7-6-13(21-14)12(18)8-17-9-16-10-4-2-3-5-11(10)17/h2-7,9,12,18H,8H2,1H3. The maximum Gasteiger partial charge on any atom is 0.373 e. The van der Waals surface area contributed by atoms with Crippen molar-refractivity contribution in [1.82, 2.24) is 9.55 Å². The van der Waals surface area contributed by atoms with Gasteiger partial charge in [-0.15, -0.1) is 0 Å². The summed E-state index contributed by atoms with van der Waals surface area (Å²) in [5, 5.41) is 10.2. The number of benzene rings is 1. The molecule has 1 atom stereocenters. The lowest BCUT2D eigenvalue weighted by Gasteiger charge is -2.09. The molecule has 0 aliphatic carbocycles. The van der Waals surface area contributed by atoms with Gasteiger partial charge in [0.2, 0.25) is 5.76 Å². The van der Waals surface area contributed by atoms with Crippen molar-refractivity contribution in [1.29, 1.82) is 0 Å². The van der Waals surface area contributed by atoms with Crippen molar-refractivity contribution in [3.8, 4) is 0 Å². The molecule has 108 valence electrons. The fraction of sp³-hybridized carbons (Fsp3) is 0.200. The lowest BCUT2D eigenvalue weighted by atomic mass is 10.2. The van der Waals surface area contributed by atoms with Crippen molar-refractivity contribution in [2.45, 2.75) is 12.6 Å². The van der Waals surface area contributed by atoms with E-state index in [-0.39, 0.29) is 12.3 Å². The number of carbonyl (C=O) groups excluding carboxylic acids is 1. The molecule has 1 aromatic carbocycles. The number of fused-ring (bicyclic) bond motifs is 1. The number of hydrogen-bond donors (Lipinski definition) is 1. The molecule has 1 N–H and O–H groups in total. The van der Waals surface area contributed by atoms with Crippen molar-refractivity contribution in [3.05, 3.63) is 54.2 Å². The Morgan fingerprint density at radius 1 is 1.38 bits per heavy atom. The molecule has 3 aromatic rings. The Bertz CT molecular complexity index is 775. The second kappa shape index (κ2) is 5.41. The third-order valence-electron chi connectivity index (χ3n) is 3.24. The molecule has 0 amide bonds. The summed E-state index contributed by atoms with van der Waals surface area (Å²) in [4.78, 5) is 15.6. The molecule has 2 aromatic heterocycles. The summed E-state index contributed by atoms with van der Waals surface area (Å²) in [5.74, 6) is -0.184. The van der Waals surface area contributed by atoms with Gasteiger partial charge in [0.25, 0.3) is 0 Å². The van der Waals surface area contributed by atoms with Crippen LogP contribution >= 0.6 is 0 Å². The number of aliphatic hydroxyl groups excluding tert-OH is 1. The average molecular weight is 286 g/mol. The molecule has 6 nitrogen and oxygen atoms in total. The van der Waals surface area contributed by atoms with Crippen LogP contribution in [-0.4, -0.2) is 27.7 Å². The molecule has 0 spiro atoms. The number of furan rings is 1. The summed E-state index contributed by atoms with van der Waals surface area (Å²) in [6.45, 7) is 0.286. The van der Waals surface area contributed by atoms with Crippen molar-refractivity contribution >= 4 is 17.0 Å². The van der Waals surface area contributed by atoms with Crippen LogP contribution in [0, 0.1) is 0 Å². The Kier molecular flexibility index (Phi) is 3.45. The van der Waals surface area contributed by atoms with E-state index < -0.39 is 12.1 Å². The van der Waals surface area contributed by atoms with Crippen molar-refractivity contribution in [2.24, 2.45) is 0 Å². The highest BCUT2D eigenvalue weighted by Gasteiger charge is 2.17. The lowest BCUT2D eigenvalue weighted by molar-refractivity contribution is 0.0552. The molecule has 21 heavy (non-hydrogen) atoms. The number of hydrogen-bond acceptors (Lipinski definition) is 5. The zero-order valence-electron chi connectivity index (χ0n) is 11.4. The van der Waals surface area contributed by atoms with E-state index in [2.05, 4.69) is 9.72 Å². The van der Waals surface area contributed by atoms with Crippen LogP contribution in [0.15, 0.2) is 47.1 Å². The Labute approximate surface area is 120 Å². The van der Waals surface area contributed by atoms with Crippen LogP contribution in [0.3, 0.4) is 0 Å². The van der Waals surface area contributed by atoms with Crippen LogP contribution in [0.25, 0.3) is 11.0 Å². The molecule has 0 bridgehead atoms. The molecule has 0 aliphatic heterocycles. The van der Waals surface area contributed by atoms with Crippen molar-refractivity contribution < 1.29 is 19.1 Å². The molecule has 2 heterocycles. The Hall–Kier alpha value is -2.60. The van der Waals surface area contributed by atoms with Gasteiger partial charge in [-0.05, 0) is 24.3 Å². The van der Waals surface area contributed by atoms with E-state index in [1.54, 1.807) is 12.4 Å². The van der Waals surface area contributed by atoms with Gasteiger partial charge in [0.05, 0.1) is 31.0 Å². The predicted octanol–water partition coefficient (Wildman–Crippen LogP) is 2.15. The monoisotopic (exact) mass is 286 g/mol. The maximum atomic E-state index is 11.3. The number of carbonyl (C=O) groups is 1. The van der Waals surface area contributed by atoms with Crippen LogP contribution in [-0.2, 0) is 11.3 Å². The number of imidazole rings is 1. The van der Waals surface area contributed by atoms with Gasteiger partial charge in [0.15, 0.2) is 0 Å². The third-order valence-corrected chi connectivity index (χ3v) is 3.24. The zero-order valence-corrected chi connectivity index (χ0v) is 11.4. The lowest BCUT2D eigenvalue weighted by Crippen LogP contribution is -2.07. The van der Waals surface area contributed by atoms with Gasteiger partial charge in [0, 0.05) is 0 Å². The minimum absolute atomic E-state index is 0.0713. The van der Waals surface area contributed by atoms with Gasteiger partial charge in [-0.25, -0.2) is 9.78 Å². The van der Waals surface area contributed by atoms with Crippen LogP contribution in [0.5, 0.6) is 0 Å². The summed E-state index contributed by atoms with van der Waals surface area (Å²) in [5.41, 5.74) is 1.79. The Morgan fingerprint density at radius 2 is 2.19 bits per heavy atom. The number of rotatable bonds is 4. The number of ether oxygens (including phenoxy) is 1. The topological polar surface area (TPSA) is 77.5 Å². The van der Waals surface area contributed by atoms with Crippen molar-refractivity contribution in [2.75, 3.05) is 7.11 Å². The highest BCUT2D eigenvalue weighted by Crippen LogP contribution is 2.21. The molecular formula is C15H14N2O4. The summed E-state index contributed by atoms with van der Waals surface area (Å²) < 4.78 is 11.7. The number of nitrogens with zero attached hydrogens (tertiary/aromatic N) is 2. The van der Waals surface area contributed by atoms with Crippen LogP contribution in [0.1, 0.15) is 22.4 Å². The molecule has 0 saturated heterocycles. The van der Waals surface area contributed by atoms with Gasteiger partial charge < -0.3 is 18.8 Å². The largest absolute Gasteiger partial charge is 0.463 e. The van der Waals surface area contributed by atoms with Gasteiger partial charge in [-0.3, -0.25) is 0 Å². The number of esters is 1. The molecule has 6 heteroatoms. The highest BCUT2D eigenvalue weighted by atomic mass is 16.5. The van der Waals surface area contributed by atoms with Gasteiger partial charge in [-0.2, -0.15) is 0 Å². The fourth-order valence-electron chi connectivity index (χ4n) is 2.17. The summed E-state index contributed by atoms with van der Waals surface area (Å²) in [7, 11) is 1.28. The first-order valence-corrected chi connectivity index (χ1v) is 6.45. The Morgan fingerprint density at radius 3 is 3.00 bits per heavy atom. The predicted molar refractivity (Wildman–Crippen MR) is 74.7 cm³/mol. The first kappa shape index (κ1) is 13.4. The zero-order chi connectivity index (χ0) is 14.8. The van der Waals surface area contributed by atoms with Crippen LogP contribution < -0.4 is 0 Å². The van der Waals surface area contributed by atoms with E-state index in [4.69, 9.17) is 4.42 Å². The first-order valence-electron chi connectivity index (χ1n) is 6.45. The molecule has 0 fully saturated rings. The van der Waals surface area contributed by atoms with Gasteiger partial charge in [0.1, 0.15) is 11.9 Å². The van der Waals surface area contributed by atoms with E-state index in [1.165, 1.54) is 13.2 Å². The number of para-hydroxylation sites is 2. The Balaban J connectivity index is 1.81. The molecule has 3 rings (SSSR count). The van der Waals surface area contributed by atoms with E-state index in [0.29, 0.717) is 5.76 Å². The van der Waals surface area contributed by atoms with Crippen LogP contribution in [0.2, 0.25) is 0 Å². The van der Waals surface area contributed by atoms with Crippen LogP contribution in [0.4, 0.5) is 0 Å². The second-order valence-electron chi connectivity index (χ2n) is 4.60. The fourth-order valence-corrected chi connectivity index (χ4v) is 2.17. The second-order valence-corrected chi connectivity index (χ2v) is 4.60. The van der Waals surface area contributed by atoms with E-state index in [9.17, 15) is 9.90 Å². The first-order chi connectivity index (χ1) is 10.2. The average Bonchev–Trinajstić information content (AvgIpc) is 3.14. The highest BCUT2D eigenvalue weighted by molar-refractivity contribution is 5.86. The smallest absolute Gasteiger partial charge is 0.373 e. The SMILES string of the molecule is COC(=O)c1ccc(C(O)Cn2cnc3ccccc32)o1. The van der Waals surface area contributed by atoms with Crippen molar-refractivity contribution in [3.63, 3.8) is 0 Å². The molecule has 1 unspecified atom stereocenters. The van der Waals surface area contributed by atoms with Gasteiger partial charge in [-0.1, -0.05) is 12.1 Å². The minimum Gasteiger partial charge on any atom is -0.463 e. The maximum absolute atomic E-state index is 11.3. The third kappa shape index (κ3) is 2.53. The van der Waals surface area contributed by atoms with E-state index in [0.717, 1.165) is 11.0 Å². The minimum atomic E-state index is -0.874. The summed E-state index contributed by atoms with van der Waals surface area (Å²) in [6, 6.07) is 10.7. The number of aromatic nitrogens is 2. The van der Waals surface area contributed by atoms with E-state index >= 15 is 0 Å². The normalized spacial score (nSPS) is 12.5. The molecule has 0 radical (unpaired) electrons. The number of methoxy groups -OCH3 is 1. The molecule has 0 saturated carbocycles. The molecular weight excluding hydrogens is 272 g/mol. The molecule has 0 aliphatic rings. The number of aliphatic hydroxyl groups is 1. The van der Waals surface area contributed by atoms with E-state index in [1.807, 2.05) is 28.8 Å². The van der Waals surface area contributed by atoms with Gasteiger partial charge >= 0.3 is 5.97 Å². The summed E-state index contributed by atoms with van der Waals surface area (Å²) >= 11 is 0. The quantitative estimate of drug-likeness (QED) is 0.743. The summed E-state index contributed by atoms with van der Waals surface area (Å²) in [6.07, 6.45) is 0.791.